The second-order valence-electron chi connectivity index (χ2n) is 5.85. The Labute approximate surface area is 153 Å². The third-order valence-electron chi connectivity index (χ3n) is 4.30. The number of esters is 1. The van der Waals surface area contributed by atoms with E-state index in [9.17, 15) is 18.0 Å². The van der Waals surface area contributed by atoms with Crippen LogP contribution < -0.4 is 10.6 Å². The molecule has 1 aromatic rings. The summed E-state index contributed by atoms with van der Waals surface area (Å²) in [7, 11) is -2.28. The highest BCUT2D eigenvalue weighted by Gasteiger charge is 2.37. The number of nitrogens with one attached hydrogen (secondary N) is 2. The van der Waals surface area contributed by atoms with Gasteiger partial charge in [0.15, 0.2) is 9.84 Å². The SMILES string of the molecule is CCOC(=O)[C@@H]1CCN[C@@H]1c1cc(NC(=O)OC)ccc1S(=O)(=O)CC. The van der Waals surface area contributed by atoms with Gasteiger partial charge in [0.05, 0.1) is 30.3 Å². The van der Waals surface area contributed by atoms with Gasteiger partial charge in [-0.1, -0.05) is 6.92 Å². The standard InChI is InChI=1S/C17H24N2O6S/c1-4-25-16(20)12-8-9-18-15(12)13-10-11(19-17(21)24-3)6-7-14(13)26(22,23)5-2/h6-7,10,12,15,18H,4-5,8-9H2,1-3H3,(H,19,21)/t12-,15+/m1/s1. The number of carbonyl (C=O) groups excluding carboxylic acids is 2. The summed E-state index contributed by atoms with van der Waals surface area (Å²) in [6.07, 6.45) is -0.118. The minimum Gasteiger partial charge on any atom is -0.466 e. The second kappa shape index (κ2) is 8.50. The van der Waals surface area contributed by atoms with Gasteiger partial charge in [0.1, 0.15) is 0 Å². The molecule has 0 spiro atoms. The van der Waals surface area contributed by atoms with Crippen molar-refractivity contribution >= 4 is 27.6 Å². The van der Waals surface area contributed by atoms with Crippen molar-refractivity contribution in [1.82, 2.24) is 5.32 Å². The summed E-state index contributed by atoms with van der Waals surface area (Å²) in [4.78, 5) is 23.9. The van der Waals surface area contributed by atoms with Crippen LogP contribution >= 0.6 is 0 Å². The van der Waals surface area contributed by atoms with Gasteiger partial charge in [0, 0.05) is 11.7 Å². The number of anilines is 1. The normalized spacial score (nSPS) is 19.8. The Morgan fingerprint density at radius 2 is 2.04 bits per heavy atom. The molecule has 9 heteroatoms. The Kier molecular flexibility index (Phi) is 6.60. The molecule has 1 saturated heterocycles. The minimum absolute atomic E-state index is 0.0689. The maximum Gasteiger partial charge on any atom is 0.411 e. The van der Waals surface area contributed by atoms with Gasteiger partial charge in [-0.3, -0.25) is 10.1 Å². The van der Waals surface area contributed by atoms with Crippen LogP contribution in [0.4, 0.5) is 10.5 Å². The lowest BCUT2D eigenvalue weighted by molar-refractivity contribution is -0.148. The molecular weight excluding hydrogens is 360 g/mol. The van der Waals surface area contributed by atoms with E-state index in [4.69, 9.17) is 4.74 Å². The first-order valence-corrected chi connectivity index (χ1v) is 10.1. The number of hydrogen-bond donors (Lipinski definition) is 2. The summed E-state index contributed by atoms with van der Waals surface area (Å²) in [5, 5.41) is 5.71. The van der Waals surface area contributed by atoms with Crippen LogP contribution in [0.5, 0.6) is 0 Å². The molecule has 0 aromatic heterocycles. The van der Waals surface area contributed by atoms with Crippen LogP contribution in [0.15, 0.2) is 23.1 Å². The molecule has 0 aliphatic carbocycles. The number of carbonyl (C=O) groups is 2. The second-order valence-corrected chi connectivity index (χ2v) is 8.10. The van der Waals surface area contributed by atoms with Gasteiger partial charge in [-0.15, -0.1) is 0 Å². The highest BCUT2D eigenvalue weighted by molar-refractivity contribution is 7.91. The van der Waals surface area contributed by atoms with Gasteiger partial charge in [0.25, 0.3) is 0 Å². The smallest absolute Gasteiger partial charge is 0.411 e. The number of ether oxygens (including phenoxy) is 2. The molecule has 1 heterocycles. The first kappa shape index (κ1) is 20.2. The van der Waals surface area contributed by atoms with Crippen LogP contribution in [-0.4, -0.2) is 46.5 Å². The fraction of sp³-hybridized carbons (Fsp3) is 0.529. The number of amides is 1. The molecule has 1 aromatic carbocycles. The molecule has 0 radical (unpaired) electrons. The first-order chi connectivity index (χ1) is 12.3. The maximum atomic E-state index is 12.5. The molecule has 0 saturated carbocycles. The van der Waals surface area contributed by atoms with Crippen LogP contribution in [0.3, 0.4) is 0 Å². The van der Waals surface area contributed by atoms with Crippen molar-refractivity contribution in [2.75, 3.05) is 31.3 Å². The summed E-state index contributed by atoms with van der Waals surface area (Å²) in [6, 6.07) is 4.00. The molecule has 2 atom stereocenters. The van der Waals surface area contributed by atoms with Crippen molar-refractivity contribution in [2.45, 2.75) is 31.2 Å². The van der Waals surface area contributed by atoms with Gasteiger partial charge in [-0.05, 0) is 43.7 Å². The Balaban J connectivity index is 2.49. The molecule has 26 heavy (non-hydrogen) atoms. The van der Waals surface area contributed by atoms with E-state index in [1.807, 2.05) is 0 Å². The topological polar surface area (TPSA) is 111 Å². The predicted octanol–water partition coefficient (Wildman–Crippen LogP) is 1.87. The number of benzene rings is 1. The first-order valence-electron chi connectivity index (χ1n) is 8.45. The summed E-state index contributed by atoms with van der Waals surface area (Å²) in [5.41, 5.74) is 0.828. The van der Waals surface area contributed by atoms with E-state index in [0.29, 0.717) is 24.2 Å². The third-order valence-corrected chi connectivity index (χ3v) is 6.11. The van der Waals surface area contributed by atoms with Gasteiger partial charge >= 0.3 is 12.1 Å². The van der Waals surface area contributed by atoms with E-state index in [2.05, 4.69) is 15.4 Å². The Morgan fingerprint density at radius 3 is 2.65 bits per heavy atom. The molecule has 1 fully saturated rings. The van der Waals surface area contributed by atoms with Gasteiger partial charge in [0.2, 0.25) is 0 Å². The molecule has 144 valence electrons. The average molecular weight is 384 g/mol. The fourth-order valence-electron chi connectivity index (χ4n) is 3.01. The van der Waals surface area contributed by atoms with E-state index in [1.165, 1.54) is 19.2 Å². The largest absolute Gasteiger partial charge is 0.466 e. The summed E-state index contributed by atoms with van der Waals surface area (Å²) >= 11 is 0. The number of sulfone groups is 1. The summed E-state index contributed by atoms with van der Waals surface area (Å²) in [5.74, 6) is -0.927. The van der Waals surface area contributed by atoms with Crippen molar-refractivity contribution in [1.29, 1.82) is 0 Å². The monoisotopic (exact) mass is 384 g/mol. The number of methoxy groups -OCH3 is 1. The van der Waals surface area contributed by atoms with Crippen molar-refractivity contribution in [3.8, 4) is 0 Å². The van der Waals surface area contributed by atoms with Crippen molar-refractivity contribution < 1.29 is 27.5 Å². The van der Waals surface area contributed by atoms with Crippen molar-refractivity contribution in [2.24, 2.45) is 5.92 Å². The van der Waals surface area contributed by atoms with Crippen LogP contribution in [-0.2, 0) is 24.1 Å². The number of hydrogen-bond acceptors (Lipinski definition) is 7. The minimum atomic E-state index is -3.51. The molecule has 2 rings (SSSR count). The molecule has 0 bridgehead atoms. The lowest BCUT2D eigenvalue weighted by atomic mass is 9.94. The fourth-order valence-corrected chi connectivity index (χ4v) is 4.14. The third kappa shape index (κ3) is 4.34. The molecule has 1 aliphatic heterocycles. The summed E-state index contributed by atoms with van der Waals surface area (Å²) in [6.45, 7) is 4.11. The molecule has 2 N–H and O–H groups in total. The molecule has 1 amide bonds. The molecule has 8 nitrogen and oxygen atoms in total. The van der Waals surface area contributed by atoms with Crippen LogP contribution in [0.1, 0.15) is 31.9 Å². The van der Waals surface area contributed by atoms with E-state index >= 15 is 0 Å². The van der Waals surface area contributed by atoms with E-state index in [1.54, 1.807) is 19.9 Å². The van der Waals surface area contributed by atoms with Gasteiger partial charge in [-0.25, -0.2) is 13.2 Å². The zero-order valence-electron chi connectivity index (χ0n) is 15.1. The van der Waals surface area contributed by atoms with Crippen molar-refractivity contribution in [3.63, 3.8) is 0 Å². The Hall–Kier alpha value is -2.13. The zero-order valence-corrected chi connectivity index (χ0v) is 15.9. The lowest BCUT2D eigenvalue weighted by Crippen LogP contribution is -2.27. The molecular formula is C17H24N2O6S. The average Bonchev–Trinajstić information content (AvgIpc) is 3.11. The van der Waals surface area contributed by atoms with E-state index in [0.717, 1.165) is 0 Å². The Morgan fingerprint density at radius 1 is 1.31 bits per heavy atom. The lowest BCUT2D eigenvalue weighted by Gasteiger charge is -2.22. The van der Waals surface area contributed by atoms with Gasteiger partial charge < -0.3 is 14.8 Å². The molecule has 0 unspecified atom stereocenters. The quantitative estimate of drug-likeness (QED) is 0.720. The van der Waals surface area contributed by atoms with Crippen LogP contribution in [0.2, 0.25) is 0 Å². The predicted molar refractivity (Wildman–Crippen MR) is 95.7 cm³/mol. The van der Waals surface area contributed by atoms with E-state index in [-0.39, 0.29) is 23.2 Å². The highest BCUT2D eigenvalue weighted by atomic mass is 32.2. The van der Waals surface area contributed by atoms with E-state index < -0.39 is 27.9 Å². The zero-order chi connectivity index (χ0) is 19.3. The van der Waals surface area contributed by atoms with Crippen LogP contribution in [0, 0.1) is 5.92 Å². The highest BCUT2D eigenvalue weighted by Crippen LogP contribution is 2.36. The number of rotatable bonds is 6. The maximum absolute atomic E-state index is 12.5. The van der Waals surface area contributed by atoms with Crippen LogP contribution in [0.25, 0.3) is 0 Å². The summed E-state index contributed by atoms with van der Waals surface area (Å²) < 4.78 is 34.7. The Bertz CT molecular complexity index is 777. The molecule has 1 aliphatic rings. The van der Waals surface area contributed by atoms with Crippen molar-refractivity contribution in [3.05, 3.63) is 23.8 Å². The van der Waals surface area contributed by atoms with Gasteiger partial charge in [-0.2, -0.15) is 0 Å².